The number of hydrogen-bond donors (Lipinski definition) is 0. The van der Waals surface area contributed by atoms with Crippen LogP contribution in [-0.4, -0.2) is 7.12 Å². The van der Waals surface area contributed by atoms with Crippen LogP contribution in [0.1, 0.15) is 0 Å². The first-order valence-corrected chi connectivity index (χ1v) is 9.71. The van der Waals surface area contributed by atoms with Crippen molar-refractivity contribution in [2.45, 2.75) is 0 Å². The van der Waals surface area contributed by atoms with Crippen LogP contribution in [0.2, 0.25) is 0 Å². The van der Waals surface area contributed by atoms with Gasteiger partial charge in [-0.25, -0.2) is 0 Å². The highest BCUT2D eigenvalue weighted by atomic mass is 16.6. The summed E-state index contributed by atoms with van der Waals surface area (Å²) in [5.74, 6) is 1.54. The minimum absolute atomic E-state index is 0.546. The summed E-state index contributed by atoms with van der Waals surface area (Å²) in [7, 11) is -0.546. The molecule has 5 aromatic rings. The third-order valence-electron chi connectivity index (χ3n) is 4.97. The summed E-state index contributed by atoms with van der Waals surface area (Å²) in [6, 6.07) is 38.8. The second-order valence-electron chi connectivity index (χ2n) is 7.00. The van der Waals surface area contributed by atoms with Crippen LogP contribution in [0.5, 0.6) is 11.5 Å². The zero-order valence-corrected chi connectivity index (χ0v) is 15.9. The van der Waals surface area contributed by atoms with Crippen molar-refractivity contribution in [3.05, 3.63) is 115 Å². The molecule has 0 aromatic heterocycles. The van der Waals surface area contributed by atoms with Crippen LogP contribution in [-0.2, 0) is 0 Å². The van der Waals surface area contributed by atoms with Gasteiger partial charge >= 0.3 is 7.12 Å². The summed E-state index contributed by atoms with van der Waals surface area (Å²) in [6.07, 6.45) is 0. The van der Waals surface area contributed by atoms with Gasteiger partial charge in [0.2, 0.25) is 0 Å². The third kappa shape index (κ3) is 3.81. The standard InChI is InChI=1S/C26H19BO2/c1-3-11-25(12-4-1)28-27(29-26-13-5-2-6-14-26)24-16-15-22-17-20-9-7-8-10-21(20)18-23(22)19-24/h1-19H. The lowest BCUT2D eigenvalue weighted by atomic mass is 9.77. The van der Waals surface area contributed by atoms with Crippen molar-refractivity contribution in [3.8, 4) is 11.5 Å². The highest BCUT2D eigenvalue weighted by Gasteiger charge is 2.26. The van der Waals surface area contributed by atoms with Crippen molar-refractivity contribution < 1.29 is 9.31 Å². The van der Waals surface area contributed by atoms with Crippen molar-refractivity contribution in [3.63, 3.8) is 0 Å². The van der Waals surface area contributed by atoms with Gasteiger partial charge < -0.3 is 9.31 Å². The van der Waals surface area contributed by atoms with Gasteiger partial charge in [0.05, 0.1) is 0 Å². The van der Waals surface area contributed by atoms with Gasteiger partial charge in [-0.2, -0.15) is 0 Å². The van der Waals surface area contributed by atoms with Gasteiger partial charge in [-0.05, 0) is 57.9 Å². The number of hydrogen-bond acceptors (Lipinski definition) is 2. The van der Waals surface area contributed by atoms with E-state index in [9.17, 15) is 0 Å². The molecule has 0 aliphatic carbocycles. The molecule has 0 saturated carbocycles. The average molecular weight is 374 g/mol. The van der Waals surface area contributed by atoms with E-state index in [1.54, 1.807) is 0 Å². The number of benzene rings is 5. The van der Waals surface area contributed by atoms with Gasteiger partial charge in [-0.3, -0.25) is 0 Å². The molecule has 3 heteroatoms. The van der Waals surface area contributed by atoms with Gasteiger partial charge in [0, 0.05) is 5.46 Å². The van der Waals surface area contributed by atoms with Crippen molar-refractivity contribution in [2.24, 2.45) is 0 Å². The molecule has 0 fully saturated rings. The highest BCUT2D eigenvalue weighted by molar-refractivity contribution is 6.63. The average Bonchev–Trinajstić information content (AvgIpc) is 2.78. The Hall–Kier alpha value is -3.72. The second-order valence-corrected chi connectivity index (χ2v) is 7.00. The fraction of sp³-hybridized carbons (Fsp3) is 0. The smallest absolute Gasteiger partial charge is 0.522 e. The molecule has 29 heavy (non-hydrogen) atoms. The summed E-state index contributed by atoms with van der Waals surface area (Å²) >= 11 is 0. The first-order valence-electron chi connectivity index (χ1n) is 9.71. The predicted molar refractivity (Wildman–Crippen MR) is 121 cm³/mol. The third-order valence-corrected chi connectivity index (χ3v) is 4.97. The molecule has 0 saturated heterocycles. The molecular weight excluding hydrogens is 355 g/mol. The van der Waals surface area contributed by atoms with Crippen molar-refractivity contribution in [1.82, 2.24) is 0 Å². The molecule has 2 nitrogen and oxygen atoms in total. The van der Waals surface area contributed by atoms with E-state index >= 15 is 0 Å². The number of fused-ring (bicyclic) bond motifs is 2. The Morgan fingerprint density at radius 3 is 1.48 bits per heavy atom. The molecular formula is C26H19BO2. The molecule has 5 aromatic carbocycles. The van der Waals surface area contributed by atoms with Crippen LogP contribution in [0.25, 0.3) is 21.5 Å². The molecule has 138 valence electrons. The zero-order chi connectivity index (χ0) is 19.5. The predicted octanol–water partition coefficient (Wildman–Crippen LogP) is 5.85. The Bertz CT molecular complexity index is 1210. The molecule has 0 bridgehead atoms. The maximum atomic E-state index is 6.22. The first kappa shape index (κ1) is 17.4. The molecule has 0 amide bonds. The Morgan fingerprint density at radius 1 is 0.414 bits per heavy atom. The fourth-order valence-electron chi connectivity index (χ4n) is 3.51. The van der Waals surface area contributed by atoms with E-state index < -0.39 is 7.12 Å². The molecule has 0 spiro atoms. The lowest BCUT2D eigenvalue weighted by Gasteiger charge is -2.17. The van der Waals surface area contributed by atoms with Crippen LogP contribution in [0.15, 0.2) is 115 Å². The molecule has 0 heterocycles. The molecule has 0 radical (unpaired) electrons. The fourth-order valence-corrected chi connectivity index (χ4v) is 3.51. The molecule has 0 N–H and O–H groups in total. The van der Waals surface area contributed by atoms with Crippen LogP contribution in [0.3, 0.4) is 0 Å². The number of rotatable bonds is 5. The van der Waals surface area contributed by atoms with Gasteiger partial charge in [0.25, 0.3) is 0 Å². The Kier molecular flexibility index (Phi) is 4.63. The molecule has 0 aliphatic rings. The minimum atomic E-state index is -0.546. The molecule has 0 aliphatic heterocycles. The van der Waals surface area contributed by atoms with Crippen LogP contribution in [0.4, 0.5) is 0 Å². The number of para-hydroxylation sites is 2. The van der Waals surface area contributed by atoms with Gasteiger partial charge in [-0.1, -0.05) is 78.9 Å². The maximum absolute atomic E-state index is 6.22. The Labute approximate surface area is 170 Å². The summed E-state index contributed by atoms with van der Waals surface area (Å²) < 4.78 is 12.4. The lowest BCUT2D eigenvalue weighted by molar-refractivity contribution is 0.439. The van der Waals surface area contributed by atoms with Gasteiger partial charge in [0.15, 0.2) is 0 Å². The maximum Gasteiger partial charge on any atom is 0.632 e. The SMILES string of the molecule is c1ccc(OB(Oc2ccccc2)c2ccc3cc4ccccc4cc3c2)cc1. The van der Waals surface area contributed by atoms with Crippen LogP contribution < -0.4 is 14.8 Å². The van der Waals surface area contributed by atoms with Crippen molar-refractivity contribution in [2.75, 3.05) is 0 Å². The van der Waals surface area contributed by atoms with Crippen molar-refractivity contribution in [1.29, 1.82) is 0 Å². The van der Waals surface area contributed by atoms with Crippen LogP contribution in [0, 0.1) is 0 Å². The zero-order valence-electron chi connectivity index (χ0n) is 15.9. The first-order chi connectivity index (χ1) is 14.3. The highest BCUT2D eigenvalue weighted by Crippen LogP contribution is 2.23. The van der Waals surface area contributed by atoms with E-state index in [1.807, 2.05) is 60.7 Å². The van der Waals surface area contributed by atoms with E-state index in [4.69, 9.17) is 9.31 Å². The Balaban J connectivity index is 1.56. The van der Waals surface area contributed by atoms with E-state index in [-0.39, 0.29) is 0 Å². The van der Waals surface area contributed by atoms with Crippen LogP contribution >= 0.6 is 0 Å². The topological polar surface area (TPSA) is 18.5 Å². The van der Waals surface area contributed by atoms with E-state index in [1.165, 1.54) is 21.5 Å². The summed E-state index contributed by atoms with van der Waals surface area (Å²) in [5.41, 5.74) is 0.973. The molecule has 0 atom stereocenters. The molecule has 0 unspecified atom stereocenters. The van der Waals surface area contributed by atoms with Crippen molar-refractivity contribution >= 4 is 34.1 Å². The minimum Gasteiger partial charge on any atom is -0.522 e. The Morgan fingerprint density at radius 2 is 0.897 bits per heavy atom. The summed E-state index contributed by atoms with van der Waals surface area (Å²) in [5, 5.41) is 4.83. The van der Waals surface area contributed by atoms with E-state index in [0.29, 0.717) is 0 Å². The van der Waals surface area contributed by atoms with E-state index in [0.717, 1.165) is 17.0 Å². The van der Waals surface area contributed by atoms with Gasteiger partial charge in [0.1, 0.15) is 11.5 Å². The van der Waals surface area contributed by atoms with E-state index in [2.05, 4.69) is 54.6 Å². The summed E-state index contributed by atoms with van der Waals surface area (Å²) in [4.78, 5) is 0. The van der Waals surface area contributed by atoms with Gasteiger partial charge in [-0.15, -0.1) is 0 Å². The largest absolute Gasteiger partial charge is 0.632 e. The summed E-state index contributed by atoms with van der Waals surface area (Å²) in [6.45, 7) is 0. The second kappa shape index (κ2) is 7.73. The molecule has 5 rings (SSSR count). The quantitative estimate of drug-likeness (QED) is 0.284. The lowest BCUT2D eigenvalue weighted by Crippen LogP contribution is -2.42. The monoisotopic (exact) mass is 374 g/mol. The normalized spacial score (nSPS) is 10.8.